The predicted molar refractivity (Wildman–Crippen MR) is 169 cm³/mol. The van der Waals surface area contributed by atoms with Crippen molar-refractivity contribution in [2.75, 3.05) is 10.6 Å². The van der Waals surface area contributed by atoms with Crippen LogP contribution in [0, 0.1) is 0 Å². The number of carbonyl (C=O) groups excluding carboxylic acids is 3. The summed E-state index contributed by atoms with van der Waals surface area (Å²) in [5.41, 5.74) is 2.39. The Kier molecular flexibility index (Phi) is 11.6. The standard InChI is InChI=1S/C32H37N7O4S/c1-32(2,43)20-29(42)33-21-24-12-8-11-23(17-24)19-28(41)35-31-39-38-30(44-31)14-7-6-13-25-15-16-26(37-36-25)34-27(40)18-22-9-4-3-5-10-22/h3-5,8-12,15-17,43H,6-7,13-14,18-21H2,1-2H3,(H,33,42)(H,34,37,40)(H,35,39,41). The zero-order valence-corrected chi connectivity index (χ0v) is 25.7. The highest BCUT2D eigenvalue weighted by Crippen LogP contribution is 2.18. The predicted octanol–water partition coefficient (Wildman–Crippen LogP) is 4.03. The van der Waals surface area contributed by atoms with Gasteiger partial charge in [0.1, 0.15) is 5.01 Å². The van der Waals surface area contributed by atoms with Crippen LogP contribution in [0.25, 0.3) is 0 Å². The number of aliphatic hydroxyl groups is 1. The number of benzene rings is 2. The van der Waals surface area contributed by atoms with E-state index in [0.717, 1.165) is 53.1 Å². The van der Waals surface area contributed by atoms with Crippen molar-refractivity contribution in [3.63, 3.8) is 0 Å². The van der Waals surface area contributed by atoms with Crippen molar-refractivity contribution in [3.05, 3.63) is 94.1 Å². The summed E-state index contributed by atoms with van der Waals surface area (Å²) >= 11 is 1.35. The Labute approximate surface area is 260 Å². The third-order valence-corrected chi connectivity index (χ3v) is 7.32. The first-order valence-electron chi connectivity index (χ1n) is 14.5. The molecule has 0 spiro atoms. The number of aromatic nitrogens is 4. The maximum atomic E-state index is 12.6. The molecular formula is C32H37N7O4S. The average Bonchev–Trinajstić information content (AvgIpc) is 3.41. The molecule has 0 fully saturated rings. The first-order chi connectivity index (χ1) is 21.1. The fourth-order valence-corrected chi connectivity index (χ4v) is 5.17. The van der Waals surface area contributed by atoms with E-state index in [1.54, 1.807) is 19.9 Å². The van der Waals surface area contributed by atoms with Gasteiger partial charge in [-0.1, -0.05) is 65.9 Å². The Bertz CT molecular complexity index is 1540. The van der Waals surface area contributed by atoms with Crippen molar-refractivity contribution in [1.82, 2.24) is 25.7 Å². The first-order valence-corrected chi connectivity index (χ1v) is 15.3. The number of unbranched alkanes of at least 4 members (excludes halogenated alkanes) is 1. The van der Waals surface area contributed by atoms with Crippen LogP contribution in [0.2, 0.25) is 0 Å². The van der Waals surface area contributed by atoms with Crippen molar-refractivity contribution < 1.29 is 19.5 Å². The highest BCUT2D eigenvalue weighted by molar-refractivity contribution is 7.15. The highest BCUT2D eigenvalue weighted by Gasteiger charge is 2.17. The Morgan fingerprint density at radius 2 is 1.45 bits per heavy atom. The second kappa shape index (κ2) is 15.8. The van der Waals surface area contributed by atoms with Crippen LogP contribution in [0.3, 0.4) is 0 Å². The van der Waals surface area contributed by atoms with E-state index < -0.39 is 5.60 Å². The molecule has 0 aliphatic heterocycles. The van der Waals surface area contributed by atoms with Gasteiger partial charge in [0, 0.05) is 13.0 Å². The molecule has 0 saturated carbocycles. The number of hydrogen-bond donors (Lipinski definition) is 4. The summed E-state index contributed by atoms with van der Waals surface area (Å²) in [5.74, 6) is -0.147. The van der Waals surface area contributed by atoms with E-state index in [-0.39, 0.29) is 37.0 Å². The summed E-state index contributed by atoms with van der Waals surface area (Å²) in [5, 5.41) is 36.1. The molecular weight excluding hydrogens is 578 g/mol. The van der Waals surface area contributed by atoms with Gasteiger partial charge in [-0.3, -0.25) is 14.4 Å². The minimum Gasteiger partial charge on any atom is -0.390 e. The van der Waals surface area contributed by atoms with Gasteiger partial charge in [0.05, 0.1) is 30.6 Å². The number of aryl methyl sites for hydroxylation is 2. The fourth-order valence-electron chi connectivity index (χ4n) is 4.37. The van der Waals surface area contributed by atoms with Crippen LogP contribution in [0.4, 0.5) is 10.9 Å². The summed E-state index contributed by atoms with van der Waals surface area (Å²) in [6.07, 6.45) is 3.69. The molecule has 0 saturated heterocycles. The van der Waals surface area contributed by atoms with Crippen LogP contribution in [0.15, 0.2) is 66.7 Å². The molecule has 12 heteroatoms. The zero-order chi connectivity index (χ0) is 31.4. The van der Waals surface area contributed by atoms with E-state index >= 15 is 0 Å². The lowest BCUT2D eigenvalue weighted by atomic mass is 10.0. The molecule has 4 N–H and O–H groups in total. The van der Waals surface area contributed by atoms with Crippen LogP contribution in [-0.2, 0) is 46.6 Å². The smallest absolute Gasteiger partial charge is 0.230 e. The van der Waals surface area contributed by atoms with Crippen LogP contribution >= 0.6 is 11.3 Å². The minimum absolute atomic E-state index is 0.0135. The quantitative estimate of drug-likeness (QED) is 0.146. The number of rotatable bonds is 15. The second-order valence-corrected chi connectivity index (χ2v) is 12.2. The first kappa shape index (κ1) is 32.4. The van der Waals surface area contributed by atoms with E-state index in [2.05, 4.69) is 36.3 Å². The molecule has 0 atom stereocenters. The van der Waals surface area contributed by atoms with Gasteiger partial charge in [-0.2, -0.15) is 5.10 Å². The summed E-state index contributed by atoms with van der Waals surface area (Å²) in [6, 6.07) is 20.6. The largest absolute Gasteiger partial charge is 0.390 e. The summed E-state index contributed by atoms with van der Waals surface area (Å²) in [7, 11) is 0. The number of hydrogen-bond acceptors (Lipinski definition) is 9. The number of nitrogens with zero attached hydrogens (tertiary/aromatic N) is 4. The molecule has 2 aromatic carbocycles. The second-order valence-electron chi connectivity index (χ2n) is 11.1. The highest BCUT2D eigenvalue weighted by atomic mass is 32.1. The fraction of sp³-hybridized carbons (Fsp3) is 0.344. The van der Waals surface area contributed by atoms with E-state index in [4.69, 9.17) is 0 Å². The topological polar surface area (TPSA) is 159 Å². The Morgan fingerprint density at radius 3 is 2.20 bits per heavy atom. The molecule has 2 heterocycles. The molecule has 3 amide bonds. The maximum Gasteiger partial charge on any atom is 0.230 e. The SMILES string of the molecule is CC(C)(O)CC(=O)NCc1cccc(CC(=O)Nc2nnc(CCCCc3ccc(NC(=O)Cc4ccccc4)nn3)s2)c1. The van der Waals surface area contributed by atoms with Gasteiger partial charge < -0.3 is 21.1 Å². The molecule has 2 aromatic heterocycles. The summed E-state index contributed by atoms with van der Waals surface area (Å²) in [6.45, 7) is 3.49. The molecule has 4 aromatic rings. The van der Waals surface area contributed by atoms with Crippen molar-refractivity contribution in [1.29, 1.82) is 0 Å². The zero-order valence-electron chi connectivity index (χ0n) is 24.9. The van der Waals surface area contributed by atoms with Crippen LogP contribution in [0.1, 0.15) is 60.5 Å². The van der Waals surface area contributed by atoms with Gasteiger partial charge >= 0.3 is 0 Å². The number of anilines is 2. The molecule has 4 rings (SSSR count). The van der Waals surface area contributed by atoms with Gasteiger partial charge in [0.15, 0.2) is 5.82 Å². The van der Waals surface area contributed by atoms with Crippen LogP contribution in [-0.4, -0.2) is 48.8 Å². The summed E-state index contributed by atoms with van der Waals surface area (Å²) in [4.78, 5) is 36.8. The van der Waals surface area contributed by atoms with Crippen LogP contribution in [0.5, 0.6) is 0 Å². The Hall–Kier alpha value is -4.55. The molecule has 0 bridgehead atoms. The van der Waals surface area contributed by atoms with Crippen molar-refractivity contribution in [2.24, 2.45) is 0 Å². The van der Waals surface area contributed by atoms with E-state index in [1.165, 1.54) is 11.3 Å². The van der Waals surface area contributed by atoms with E-state index in [9.17, 15) is 19.5 Å². The van der Waals surface area contributed by atoms with E-state index in [1.807, 2.05) is 60.7 Å². The molecule has 0 aliphatic rings. The van der Waals surface area contributed by atoms with Crippen molar-refractivity contribution in [3.8, 4) is 0 Å². The maximum absolute atomic E-state index is 12.6. The van der Waals surface area contributed by atoms with E-state index in [0.29, 0.717) is 17.5 Å². The monoisotopic (exact) mass is 615 g/mol. The number of nitrogens with one attached hydrogen (secondary N) is 3. The Balaban J connectivity index is 1.14. The molecule has 0 radical (unpaired) electrons. The molecule has 0 aliphatic carbocycles. The third-order valence-electron chi connectivity index (χ3n) is 6.42. The number of amides is 3. The van der Waals surface area contributed by atoms with Gasteiger partial charge in [0.25, 0.3) is 0 Å². The van der Waals surface area contributed by atoms with Gasteiger partial charge in [-0.05, 0) is 61.9 Å². The lowest BCUT2D eigenvalue weighted by molar-refractivity contribution is -0.125. The normalized spacial score (nSPS) is 11.2. The lowest BCUT2D eigenvalue weighted by Gasteiger charge is -2.16. The molecule has 44 heavy (non-hydrogen) atoms. The third kappa shape index (κ3) is 11.6. The van der Waals surface area contributed by atoms with Crippen molar-refractivity contribution >= 4 is 40.0 Å². The minimum atomic E-state index is -1.07. The average molecular weight is 616 g/mol. The summed E-state index contributed by atoms with van der Waals surface area (Å²) < 4.78 is 0. The number of carbonyl (C=O) groups is 3. The Morgan fingerprint density at radius 1 is 0.750 bits per heavy atom. The van der Waals surface area contributed by atoms with Crippen LogP contribution < -0.4 is 16.0 Å². The molecule has 230 valence electrons. The molecule has 0 unspecified atom stereocenters. The van der Waals surface area contributed by atoms with Gasteiger partial charge in [-0.25, -0.2) is 0 Å². The molecule has 11 nitrogen and oxygen atoms in total. The van der Waals surface area contributed by atoms with Gasteiger partial charge in [-0.15, -0.1) is 15.3 Å². The van der Waals surface area contributed by atoms with Gasteiger partial charge in [0.2, 0.25) is 22.9 Å². The van der Waals surface area contributed by atoms with Crippen molar-refractivity contribution in [2.45, 2.75) is 70.9 Å². The lowest BCUT2D eigenvalue weighted by Crippen LogP contribution is -2.31.